The quantitative estimate of drug-likeness (QED) is 0.695. The van der Waals surface area contributed by atoms with E-state index in [9.17, 15) is 0 Å². The minimum absolute atomic E-state index is 0.169. The van der Waals surface area contributed by atoms with Gasteiger partial charge in [0.15, 0.2) is 0 Å². The molecular weight excluding hydrogens is 244 g/mol. The van der Waals surface area contributed by atoms with E-state index in [1.807, 2.05) is 6.07 Å². The van der Waals surface area contributed by atoms with Crippen LogP contribution in [0.15, 0.2) is 24.3 Å². The number of hydrogen-bond donors (Lipinski definition) is 0. The summed E-state index contributed by atoms with van der Waals surface area (Å²) in [5.41, 5.74) is 1.46. The van der Waals surface area contributed by atoms with Crippen molar-refractivity contribution in [3.63, 3.8) is 0 Å². The molecule has 0 aliphatic heterocycles. The Balaban J connectivity index is 2.15. The van der Waals surface area contributed by atoms with E-state index in [2.05, 4.69) is 39.0 Å². The fourth-order valence-electron chi connectivity index (χ4n) is 3.08. The fraction of sp³-hybridized carbons (Fsp3) is 0.625. The molecule has 0 aromatic heterocycles. The molecule has 2 unspecified atom stereocenters. The maximum Gasteiger partial charge on any atom is 0.122 e. The smallest absolute Gasteiger partial charge is 0.122 e. The second-order valence-corrected chi connectivity index (χ2v) is 5.74. The van der Waals surface area contributed by atoms with Crippen molar-refractivity contribution < 1.29 is 4.74 Å². The number of para-hydroxylation sites is 1. The fourth-order valence-corrected chi connectivity index (χ4v) is 3.69. The average molecular weight is 267 g/mol. The van der Waals surface area contributed by atoms with Crippen LogP contribution in [0, 0.1) is 5.41 Å². The first-order valence-electron chi connectivity index (χ1n) is 7.06. The van der Waals surface area contributed by atoms with Crippen LogP contribution in [0.3, 0.4) is 0 Å². The highest BCUT2D eigenvalue weighted by molar-refractivity contribution is 6.21. The summed E-state index contributed by atoms with van der Waals surface area (Å²) in [5.74, 6) is 1.04. The zero-order valence-corrected chi connectivity index (χ0v) is 12.3. The van der Waals surface area contributed by atoms with Gasteiger partial charge in [0, 0.05) is 17.2 Å². The second kappa shape index (κ2) is 5.52. The minimum Gasteiger partial charge on any atom is -0.489 e. The van der Waals surface area contributed by atoms with Gasteiger partial charge in [-0.15, -0.1) is 11.6 Å². The molecule has 1 nitrogen and oxygen atoms in total. The second-order valence-electron chi connectivity index (χ2n) is 5.21. The van der Waals surface area contributed by atoms with Crippen LogP contribution in [0.4, 0.5) is 0 Å². The summed E-state index contributed by atoms with van der Waals surface area (Å²) in [4.78, 5) is 0. The van der Waals surface area contributed by atoms with Crippen molar-refractivity contribution in [1.29, 1.82) is 0 Å². The summed E-state index contributed by atoms with van der Waals surface area (Å²) in [6, 6.07) is 8.34. The van der Waals surface area contributed by atoms with Crippen LogP contribution in [0.2, 0.25) is 0 Å². The molecule has 0 bridgehead atoms. The average Bonchev–Trinajstić information content (AvgIpc) is 2.40. The molecule has 0 radical (unpaired) electrons. The van der Waals surface area contributed by atoms with Crippen molar-refractivity contribution in [2.24, 2.45) is 5.41 Å². The zero-order valence-electron chi connectivity index (χ0n) is 11.6. The topological polar surface area (TPSA) is 9.23 Å². The Morgan fingerprint density at radius 2 is 1.89 bits per heavy atom. The van der Waals surface area contributed by atoms with Crippen molar-refractivity contribution in [2.45, 2.75) is 57.9 Å². The van der Waals surface area contributed by atoms with Gasteiger partial charge in [-0.1, -0.05) is 39.0 Å². The first kappa shape index (κ1) is 13.7. The molecule has 1 aromatic carbocycles. The van der Waals surface area contributed by atoms with Crippen molar-refractivity contribution in [1.82, 2.24) is 0 Å². The van der Waals surface area contributed by atoms with Gasteiger partial charge in [0.05, 0.1) is 0 Å². The molecule has 1 aliphatic rings. The molecule has 18 heavy (non-hydrogen) atoms. The summed E-state index contributed by atoms with van der Waals surface area (Å²) in [6.45, 7) is 6.61. The van der Waals surface area contributed by atoms with Crippen molar-refractivity contribution in [3.05, 3.63) is 29.8 Å². The Hall–Kier alpha value is -0.690. The Labute approximate surface area is 115 Å². The van der Waals surface area contributed by atoms with Crippen LogP contribution in [0.25, 0.3) is 0 Å². The van der Waals surface area contributed by atoms with E-state index >= 15 is 0 Å². The summed E-state index contributed by atoms with van der Waals surface area (Å²) in [5, 5.41) is 0.270. The molecule has 0 N–H and O–H groups in total. The number of rotatable bonds is 5. The van der Waals surface area contributed by atoms with Gasteiger partial charge in [0.1, 0.15) is 11.9 Å². The standard InChI is InChI=1S/C16H23ClO/c1-4-12-9-7-8-10-13(12)18-15-11-14(17)16(15,5-2)6-3/h7-10,14-15H,4-6,11H2,1-3H3. The summed E-state index contributed by atoms with van der Waals surface area (Å²) >= 11 is 6.43. The van der Waals surface area contributed by atoms with Gasteiger partial charge in [-0.3, -0.25) is 0 Å². The molecule has 1 fully saturated rings. The number of aryl methyl sites for hydroxylation is 1. The zero-order chi connectivity index (χ0) is 13.2. The highest BCUT2D eigenvalue weighted by Crippen LogP contribution is 2.52. The predicted molar refractivity (Wildman–Crippen MR) is 77.5 cm³/mol. The number of ether oxygens (including phenoxy) is 1. The summed E-state index contributed by atoms with van der Waals surface area (Å²) in [7, 11) is 0. The maximum absolute atomic E-state index is 6.43. The molecule has 2 heteroatoms. The number of halogens is 1. The maximum atomic E-state index is 6.43. The molecule has 0 saturated heterocycles. The number of hydrogen-bond acceptors (Lipinski definition) is 1. The van der Waals surface area contributed by atoms with Crippen LogP contribution in [0.1, 0.15) is 45.6 Å². The van der Waals surface area contributed by atoms with Crippen molar-refractivity contribution in [3.8, 4) is 5.75 Å². The van der Waals surface area contributed by atoms with Gasteiger partial charge >= 0.3 is 0 Å². The van der Waals surface area contributed by atoms with E-state index in [1.165, 1.54) is 5.56 Å². The minimum atomic E-state index is 0.169. The lowest BCUT2D eigenvalue weighted by Crippen LogP contribution is -2.56. The Bertz CT molecular complexity index is 398. The Morgan fingerprint density at radius 1 is 1.22 bits per heavy atom. The SMILES string of the molecule is CCc1ccccc1OC1CC(Cl)C1(CC)CC. The molecule has 0 heterocycles. The largest absolute Gasteiger partial charge is 0.489 e. The molecule has 1 aromatic rings. The van der Waals surface area contributed by atoms with E-state index in [0.717, 1.165) is 31.4 Å². The van der Waals surface area contributed by atoms with E-state index in [1.54, 1.807) is 0 Å². The van der Waals surface area contributed by atoms with Gasteiger partial charge in [0.2, 0.25) is 0 Å². The van der Waals surface area contributed by atoms with Crippen LogP contribution in [0.5, 0.6) is 5.75 Å². The van der Waals surface area contributed by atoms with Crippen molar-refractivity contribution >= 4 is 11.6 Å². The lowest BCUT2D eigenvalue weighted by molar-refractivity contribution is -0.0466. The third-order valence-corrected chi connectivity index (χ3v) is 5.24. The molecule has 1 saturated carbocycles. The van der Waals surface area contributed by atoms with Gasteiger partial charge in [-0.05, 0) is 30.9 Å². The Morgan fingerprint density at radius 3 is 2.44 bits per heavy atom. The lowest BCUT2D eigenvalue weighted by atomic mass is 9.62. The summed E-state index contributed by atoms with van der Waals surface area (Å²) < 4.78 is 6.26. The first-order valence-corrected chi connectivity index (χ1v) is 7.50. The Kier molecular flexibility index (Phi) is 4.21. The lowest BCUT2D eigenvalue weighted by Gasteiger charge is -2.52. The highest BCUT2D eigenvalue weighted by Gasteiger charge is 2.53. The van der Waals surface area contributed by atoms with E-state index in [0.29, 0.717) is 0 Å². The third-order valence-electron chi connectivity index (χ3n) is 4.63. The van der Waals surface area contributed by atoms with E-state index < -0.39 is 0 Å². The van der Waals surface area contributed by atoms with Crippen LogP contribution in [-0.4, -0.2) is 11.5 Å². The van der Waals surface area contributed by atoms with Gasteiger partial charge < -0.3 is 4.74 Å². The first-order chi connectivity index (χ1) is 8.67. The number of benzene rings is 1. The van der Waals surface area contributed by atoms with Gasteiger partial charge in [-0.25, -0.2) is 0 Å². The highest BCUT2D eigenvalue weighted by atomic mass is 35.5. The molecule has 0 amide bonds. The molecule has 2 atom stereocenters. The number of alkyl halides is 1. The van der Waals surface area contributed by atoms with E-state index in [-0.39, 0.29) is 16.9 Å². The van der Waals surface area contributed by atoms with Crippen LogP contribution < -0.4 is 4.74 Å². The monoisotopic (exact) mass is 266 g/mol. The summed E-state index contributed by atoms with van der Waals surface area (Å²) in [6.07, 6.45) is 4.45. The van der Waals surface area contributed by atoms with Gasteiger partial charge in [-0.2, -0.15) is 0 Å². The molecule has 2 rings (SSSR count). The van der Waals surface area contributed by atoms with Crippen molar-refractivity contribution in [2.75, 3.05) is 0 Å². The van der Waals surface area contributed by atoms with E-state index in [4.69, 9.17) is 16.3 Å². The predicted octanol–water partition coefficient (Wildman–Crippen LogP) is 4.81. The normalized spacial score (nSPS) is 25.6. The molecule has 1 aliphatic carbocycles. The third kappa shape index (κ3) is 2.14. The van der Waals surface area contributed by atoms with Crippen LogP contribution >= 0.6 is 11.6 Å². The molecule has 100 valence electrons. The van der Waals surface area contributed by atoms with Crippen LogP contribution in [-0.2, 0) is 6.42 Å². The van der Waals surface area contributed by atoms with Gasteiger partial charge in [0.25, 0.3) is 0 Å². The molecule has 0 spiro atoms. The molecular formula is C16H23ClO.